The van der Waals surface area contributed by atoms with Crippen LogP contribution >= 0.6 is 0 Å². The van der Waals surface area contributed by atoms with Crippen molar-refractivity contribution in [2.24, 2.45) is 17.8 Å². The number of amides is 1. The van der Waals surface area contributed by atoms with Gasteiger partial charge < -0.3 is 10.1 Å². The molecule has 4 atom stereocenters. The zero-order valence-electron chi connectivity index (χ0n) is 13.9. The van der Waals surface area contributed by atoms with E-state index in [0.717, 1.165) is 43.4 Å². The van der Waals surface area contributed by atoms with Crippen LogP contribution in [0, 0.1) is 17.8 Å². The van der Waals surface area contributed by atoms with E-state index in [1.807, 2.05) is 31.2 Å². The SMILES string of the molecule is COc1ccccc1[C@H](C)NC(=O)C1C[C@H]2CCC[C@@H](C1)C2=O. The largest absolute Gasteiger partial charge is 0.496 e. The molecule has 1 aromatic rings. The van der Waals surface area contributed by atoms with E-state index in [9.17, 15) is 9.59 Å². The lowest BCUT2D eigenvalue weighted by molar-refractivity contribution is -0.137. The maximum atomic E-state index is 12.7. The van der Waals surface area contributed by atoms with Gasteiger partial charge in [-0.15, -0.1) is 0 Å². The Kier molecular flexibility index (Phi) is 4.69. The Morgan fingerprint density at radius 1 is 1.22 bits per heavy atom. The molecule has 2 saturated carbocycles. The lowest BCUT2D eigenvalue weighted by atomic mass is 9.67. The first-order chi connectivity index (χ1) is 11.1. The second kappa shape index (κ2) is 6.73. The van der Waals surface area contributed by atoms with Crippen LogP contribution in [0.4, 0.5) is 0 Å². The molecule has 2 fully saturated rings. The van der Waals surface area contributed by atoms with E-state index < -0.39 is 0 Å². The van der Waals surface area contributed by atoms with Crippen LogP contribution in [0.3, 0.4) is 0 Å². The highest BCUT2D eigenvalue weighted by molar-refractivity contribution is 5.88. The maximum absolute atomic E-state index is 12.7. The predicted molar refractivity (Wildman–Crippen MR) is 88.1 cm³/mol. The molecule has 124 valence electrons. The number of Topliss-reactive ketones (excluding diaryl/α,β-unsaturated/α-hetero) is 1. The molecule has 0 spiro atoms. The summed E-state index contributed by atoms with van der Waals surface area (Å²) in [5.41, 5.74) is 0.982. The molecule has 1 amide bonds. The summed E-state index contributed by atoms with van der Waals surface area (Å²) in [5.74, 6) is 1.46. The van der Waals surface area contributed by atoms with Crippen molar-refractivity contribution in [1.29, 1.82) is 0 Å². The number of benzene rings is 1. The van der Waals surface area contributed by atoms with Crippen LogP contribution in [-0.4, -0.2) is 18.8 Å². The van der Waals surface area contributed by atoms with Crippen LogP contribution < -0.4 is 10.1 Å². The van der Waals surface area contributed by atoms with E-state index in [2.05, 4.69) is 5.32 Å². The standard InChI is InChI=1S/C19H25NO3/c1-12(16-8-3-4-9-17(16)23-2)20-19(22)15-10-13-6-5-7-14(11-15)18(13)21/h3-4,8-9,12-15H,5-7,10-11H2,1-2H3,(H,20,22)/t12-,13-,14+,15?/m0/s1. The predicted octanol–water partition coefficient (Wildman–Crippen LogP) is 3.27. The quantitative estimate of drug-likeness (QED) is 0.928. The summed E-state index contributed by atoms with van der Waals surface area (Å²) in [7, 11) is 1.64. The topological polar surface area (TPSA) is 55.4 Å². The molecule has 3 rings (SSSR count). The van der Waals surface area contributed by atoms with Crippen LogP contribution in [0.2, 0.25) is 0 Å². The number of para-hydroxylation sites is 1. The molecule has 4 nitrogen and oxygen atoms in total. The summed E-state index contributed by atoms with van der Waals surface area (Å²) in [6.07, 6.45) is 4.50. The smallest absolute Gasteiger partial charge is 0.223 e. The third-order valence-corrected chi connectivity index (χ3v) is 5.38. The van der Waals surface area contributed by atoms with E-state index in [0.29, 0.717) is 5.78 Å². The first kappa shape index (κ1) is 16.0. The van der Waals surface area contributed by atoms with Gasteiger partial charge in [-0.05, 0) is 38.7 Å². The summed E-state index contributed by atoms with van der Waals surface area (Å²) in [4.78, 5) is 24.8. The van der Waals surface area contributed by atoms with Gasteiger partial charge in [-0.2, -0.15) is 0 Å². The monoisotopic (exact) mass is 315 g/mol. The number of hydrogen-bond donors (Lipinski definition) is 1. The van der Waals surface area contributed by atoms with E-state index in [4.69, 9.17) is 4.74 Å². The van der Waals surface area contributed by atoms with Crippen molar-refractivity contribution in [2.45, 2.75) is 45.1 Å². The minimum atomic E-state index is -0.101. The van der Waals surface area contributed by atoms with Gasteiger partial charge in [0.15, 0.2) is 0 Å². The molecule has 23 heavy (non-hydrogen) atoms. The van der Waals surface area contributed by atoms with Gasteiger partial charge in [-0.25, -0.2) is 0 Å². The van der Waals surface area contributed by atoms with Gasteiger partial charge in [0.05, 0.1) is 13.2 Å². The highest BCUT2D eigenvalue weighted by Crippen LogP contribution is 2.40. The minimum Gasteiger partial charge on any atom is -0.496 e. The van der Waals surface area contributed by atoms with Crippen LogP contribution in [0.5, 0.6) is 5.75 Å². The summed E-state index contributed by atoms with van der Waals surface area (Å²) < 4.78 is 5.37. The van der Waals surface area contributed by atoms with E-state index in [-0.39, 0.29) is 29.7 Å². The second-order valence-corrected chi connectivity index (χ2v) is 6.87. The van der Waals surface area contributed by atoms with Crippen LogP contribution in [0.15, 0.2) is 24.3 Å². The van der Waals surface area contributed by atoms with Crippen molar-refractivity contribution in [3.63, 3.8) is 0 Å². The number of ketones is 1. The van der Waals surface area contributed by atoms with Crippen LogP contribution in [0.1, 0.15) is 50.6 Å². The van der Waals surface area contributed by atoms with Crippen molar-refractivity contribution in [2.75, 3.05) is 7.11 Å². The first-order valence-corrected chi connectivity index (χ1v) is 8.57. The summed E-state index contributed by atoms with van der Waals surface area (Å²) in [6.45, 7) is 1.98. The molecule has 1 aromatic carbocycles. The fraction of sp³-hybridized carbons (Fsp3) is 0.579. The van der Waals surface area contributed by atoms with Gasteiger partial charge in [0, 0.05) is 23.3 Å². The third-order valence-electron chi connectivity index (χ3n) is 5.38. The minimum absolute atomic E-state index is 0.0276. The molecule has 0 aromatic heterocycles. The molecule has 2 aliphatic rings. The normalized spacial score (nSPS) is 28.1. The molecule has 4 heteroatoms. The molecule has 0 aliphatic heterocycles. The Bertz CT molecular complexity index is 582. The van der Waals surface area contributed by atoms with Gasteiger partial charge in [0.25, 0.3) is 0 Å². The zero-order valence-corrected chi connectivity index (χ0v) is 13.9. The van der Waals surface area contributed by atoms with Gasteiger partial charge in [0.2, 0.25) is 5.91 Å². The molecule has 2 aliphatic carbocycles. The third kappa shape index (κ3) is 3.26. The number of carbonyl (C=O) groups is 2. The maximum Gasteiger partial charge on any atom is 0.223 e. The molecule has 1 unspecified atom stereocenters. The zero-order chi connectivity index (χ0) is 16.4. The van der Waals surface area contributed by atoms with Crippen molar-refractivity contribution in [1.82, 2.24) is 5.32 Å². The highest BCUT2D eigenvalue weighted by atomic mass is 16.5. The number of hydrogen-bond acceptors (Lipinski definition) is 3. The average molecular weight is 315 g/mol. The molecule has 0 heterocycles. The number of ether oxygens (including phenoxy) is 1. The Morgan fingerprint density at radius 2 is 1.87 bits per heavy atom. The fourth-order valence-corrected chi connectivity index (χ4v) is 4.13. The lowest BCUT2D eigenvalue weighted by Gasteiger charge is -2.37. The molecular formula is C19H25NO3. The molecular weight excluding hydrogens is 290 g/mol. The Balaban J connectivity index is 1.66. The van der Waals surface area contributed by atoms with E-state index >= 15 is 0 Å². The van der Waals surface area contributed by atoms with Crippen LogP contribution in [-0.2, 0) is 9.59 Å². The van der Waals surface area contributed by atoms with Gasteiger partial charge >= 0.3 is 0 Å². The number of methoxy groups -OCH3 is 1. The molecule has 2 bridgehead atoms. The summed E-state index contributed by atoms with van der Waals surface area (Å²) in [5, 5.41) is 3.11. The molecule has 1 N–H and O–H groups in total. The van der Waals surface area contributed by atoms with Crippen molar-refractivity contribution in [3.05, 3.63) is 29.8 Å². The summed E-state index contributed by atoms with van der Waals surface area (Å²) in [6, 6.07) is 7.65. The van der Waals surface area contributed by atoms with Crippen molar-refractivity contribution < 1.29 is 14.3 Å². The average Bonchev–Trinajstić information content (AvgIpc) is 2.54. The number of nitrogens with one attached hydrogen (secondary N) is 1. The first-order valence-electron chi connectivity index (χ1n) is 8.57. The molecule has 0 saturated heterocycles. The van der Waals surface area contributed by atoms with Gasteiger partial charge in [-0.3, -0.25) is 9.59 Å². The number of rotatable bonds is 4. The number of carbonyl (C=O) groups excluding carboxylic acids is 2. The van der Waals surface area contributed by atoms with Crippen LogP contribution in [0.25, 0.3) is 0 Å². The van der Waals surface area contributed by atoms with Crippen molar-refractivity contribution >= 4 is 11.7 Å². The Labute approximate surface area is 137 Å². The lowest BCUT2D eigenvalue weighted by Crippen LogP contribution is -2.43. The van der Waals surface area contributed by atoms with Gasteiger partial charge in [0.1, 0.15) is 11.5 Å². The molecule has 0 radical (unpaired) electrons. The fourth-order valence-electron chi connectivity index (χ4n) is 4.13. The second-order valence-electron chi connectivity index (χ2n) is 6.87. The highest BCUT2D eigenvalue weighted by Gasteiger charge is 2.41. The summed E-state index contributed by atoms with van der Waals surface area (Å²) >= 11 is 0. The Morgan fingerprint density at radius 3 is 2.52 bits per heavy atom. The number of fused-ring (bicyclic) bond motifs is 2. The Hall–Kier alpha value is -1.84. The van der Waals surface area contributed by atoms with Gasteiger partial charge in [-0.1, -0.05) is 24.6 Å². The van der Waals surface area contributed by atoms with E-state index in [1.165, 1.54) is 0 Å². The van der Waals surface area contributed by atoms with Crippen molar-refractivity contribution in [3.8, 4) is 5.75 Å². The van der Waals surface area contributed by atoms with E-state index in [1.54, 1.807) is 7.11 Å².